The summed E-state index contributed by atoms with van der Waals surface area (Å²) in [6.07, 6.45) is 0.331. The second kappa shape index (κ2) is 9.26. The normalized spacial score (nSPS) is 13.3. The zero-order chi connectivity index (χ0) is 14.0. The minimum absolute atomic E-state index is 0.0355. The Morgan fingerprint density at radius 3 is 2.33 bits per heavy atom. The first-order valence-electron chi connectivity index (χ1n) is 5.57. The highest BCUT2D eigenvalue weighted by molar-refractivity contribution is 7.85. The molecule has 0 saturated carbocycles. The molecule has 108 valence electrons. The van der Waals surface area contributed by atoms with Gasteiger partial charge >= 0.3 is 5.97 Å². The maximum absolute atomic E-state index is 11.1. The van der Waals surface area contributed by atoms with Gasteiger partial charge in [-0.1, -0.05) is 0 Å². The standard InChI is InChI=1S/C10H20O7S/c1-4-15-10(11)9(2)16-7-5-14-6-8-17-18(3,12)13/h9H,4-8H2,1-3H3/t9-/m0/s1. The van der Waals surface area contributed by atoms with Gasteiger partial charge in [0, 0.05) is 0 Å². The topological polar surface area (TPSA) is 88.1 Å². The third-order valence-electron chi connectivity index (χ3n) is 1.74. The van der Waals surface area contributed by atoms with Gasteiger partial charge in [-0.15, -0.1) is 0 Å². The second-order valence-electron chi connectivity index (χ2n) is 3.40. The first kappa shape index (κ1) is 17.3. The monoisotopic (exact) mass is 284 g/mol. The molecule has 0 saturated heterocycles. The van der Waals surface area contributed by atoms with Crippen molar-refractivity contribution in [2.45, 2.75) is 20.0 Å². The SMILES string of the molecule is CCOC(=O)[C@H](C)OCCOCCOS(C)(=O)=O. The molecule has 7 nitrogen and oxygen atoms in total. The maximum atomic E-state index is 11.1. The molecule has 0 aromatic heterocycles. The minimum Gasteiger partial charge on any atom is -0.464 e. The van der Waals surface area contributed by atoms with Crippen molar-refractivity contribution < 1.29 is 31.6 Å². The van der Waals surface area contributed by atoms with Gasteiger partial charge in [0.15, 0.2) is 6.10 Å². The largest absolute Gasteiger partial charge is 0.464 e. The summed E-state index contributed by atoms with van der Waals surface area (Å²) in [5.41, 5.74) is 0. The minimum atomic E-state index is -3.42. The Morgan fingerprint density at radius 2 is 1.78 bits per heavy atom. The molecule has 0 unspecified atom stereocenters. The molecule has 0 spiro atoms. The quantitative estimate of drug-likeness (QED) is 0.315. The van der Waals surface area contributed by atoms with Crippen LogP contribution in [0.2, 0.25) is 0 Å². The fourth-order valence-electron chi connectivity index (χ4n) is 0.958. The van der Waals surface area contributed by atoms with E-state index in [1.807, 2.05) is 0 Å². The van der Waals surface area contributed by atoms with E-state index < -0.39 is 22.2 Å². The molecule has 0 radical (unpaired) electrons. The lowest BCUT2D eigenvalue weighted by molar-refractivity contribution is -0.156. The van der Waals surface area contributed by atoms with E-state index in [0.717, 1.165) is 6.26 Å². The van der Waals surface area contributed by atoms with Crippen LogP contribution in [0.4, 0.5) is 0 Å². The van der Waals surface area contributed by atoms with Gasteiger partial charge in [0.05, 0.1) is 39.3 Å². The zero-order valence-corrected chi connectivity index (χ0v) is 11.7. The van der Waals surface area contributed by atoms with Crippen LogP contribution in [0, 0.1) is 0 Å². The van der Waals surface area contributed by atoms with Crippen LogP contribution in [0.1, 0.15) is 13.8 Å². The first-order valence-corrected chi connectivity index (χ1v) is 7.39. The average Bonchev–Trinajstić information content (AvgIpc) is 2.26. The molecular formula is C10H20O7S. The van der Waals surface area contributed by atoms with E-state index in [-0.39, 0.29) is 26.4 Å². The van der Waals surface area contributed by atoms with Gasteiger partial charge < -0.3 is 14.2 Å². The van der Waals surface area contributed by atoms with E-state index in [1.54, 1.807) is 13.8 Å². The fraction of sp³-hybridized carbons (Fsp3) is 0.900. The van der Waals surface area contributed by atoms with Gasteiger partial charge in [-0.2, -0.15) is 8.42 Å². The summed E-state index contributed by atoms with van der Waals surface area (Å²) in [7, 11) is -3.42. The Hall–Kier alpha value is -0.700. The van der Waals surface area contributed by atoms with Gasteiger partial charge in [-0.25, -0.2) is 4.79 Å². The lowest BCUT2D eigenvalue weighted by atomic mass is 10.4. The molecule has 0 N–H and O–H groups in total. The van der Waals surface area contributed by atoms with Gasteiger partial charge in [-0.3, -0.25) is 4.18 Å². The fourth-order valence-corrected chi connectivity index (χ4v) is 1.33. The Balaban J connectivity index is 3.43. The number of hydrogen-bond donors (Lipinski definition) is 0. The van der Waals surface area contributed by atoms with E-state index in [9.17, 15) is 13.2 Å². The summed E-state index contributed by atoms with van der Waals surface area (Å²) in [5.74, 6) is -0.419. The van der Waals surface area contributed by atoms with Crippen molar-refractivity contribution >= 4 is 16.1 Å². The van der Waals surface area contributed by atoms with Gasteiger partial charge in [-0.05, 0) is 13.8 Å². The molecule has 0 rings (SSSR count). The summed E-state index contributed by atoms with van der Waals surface area (Å²) < 4.78 is 40.6. The van der Waals surface area contributed by atoms with Crippen molar-refractivity contribution in [2.24, 2.45) is 0 Å². The molecule has 0 fully saturated rings. The summed E-state index contributed by atoms with van der Waals surface area (Å²) in [4.78, 5) is 11.1. The average molecular weight is 284 g/mol. The van der Waals surface area contributed by atoms with E-state index in [1.165, 1.54) is 0 Å². The van der Waals surface area contributed by atoms with Crippen LogP contribution in [0.3, 0.4) is 0 Å². The summed E-state index contributed by atoms with van der Waals surface area (Å²) in [5, 5.41) is 0. The van der Waals surface area contributed by atoms with Crippen LogP contribution in [-0.2, 0) is 33.3 Å². The van der Waals surface area contributed by atoms with Crippen LogP contribution in [-0.4, -0.2) is 59.8 Å². The molecule has 18 heavy (non-hydrogen) atoms. The van der Waals surface area contributed by atoms with E-state index in [4.69, 9.17) is 14.2 Å². The Kier molecular flexibility index (Phi) is 8.90. The molecule has 0 aliphatic rings. The highest BCUT2D eigenvalue weighted by atomic mass is 32.2. The number of esters is 1. The van der Waals surface area contributed by atoms with Crippen molar-refractivity contribution in [1.82, 2.24) is 0 Å². The molecule has 0 aliphatic carbocycles. The molecule has 0 amide bonds. The van der Waals surface area contributed by atoms with Gasteiger partial charge in [0.1, 0.15) is 0 Å². The second-order valence-corrected chi connectivity index (χ2v) is 5.05. The molecule has 0 bridgehead atoms. The highest BCUT2D eigenvalue weighted by Crippen LogP contribution is 1.95. The molecular weight excluding hydrogens is 264 g/mol. The lowest BCUT2D eigenvalue weighted by Crippen LogP contribution is -2.25. The van der Waals surface area contributed by atoms with Crippen molar-refractivity contribution in [1.29, 1.82) is 0 Å². The smallest absolute Gasteiger partial charge is 0.334 e. The summed E-state index contributed by atoms with van der Waals surface area (Å²) in [6.45, 7) is 4.19. The molecule has 8 heteroatoms. The third kappa shape index (κ3) is 10.5. The predicted molar refractivity (Wildman–Crippen MR) is 63.7 cm³/mol. The molecule has 0 aromatic rings. The number of carbonyl (C=O) groups excluding carboxylic acids is 1. The van der Waals surface area contributed by atoms with E-state index in [0.29, 0.717) is 6.61 Å². The third-order valence-corrected chi connectivity index (χ3v) is 2.33. The van der Waals surface area contributed by atoms with Crippen LogP contribution >= 0.6 is 0 Å². The van der Waals surface area contributed by atoms with Gasteiger partial charge in [0.25, 0.3) is 10.1 Å². The van der Waals surface area contributed by atoms with Crippen molar-refractivity contribution in [3.05, 3.63) is 0 Å². The molecule has 0 aliphatic heterocycles. The summed E-state index contributed by atoms with van der Waals surface area (Å²) in [6, 6.07) is 0. The molecule has 0 aromatic carbocycles. The number of carbonyl (C=O) groups is 1. The van der Waals surface area contributed by atoms with Crippen molar-refractivity contribution in [3.63, 3.8) is 0 Å². The predicted octanol–water partition coefficient (Wildman–Crippen LogP) is -0.0526. The number of ether oxygens (including phenoxy) is 3. The van der Waals surface area contributed by atoms with Gasteiger partial charge in [0.2, 0.25) is 0 Å². The Bertz CT molecular complexity index is 325. The lowest BCUT2D eigenvalue weighted by Gasteiger charge is -2.11. The van der Waals surface area contributed by atoms with Crippen LogP contribution in [0.25, 0.3) is 0 Å². The van der Waals surface area contributed by atoms with Crippen molar-refractivity contribution in [3.8, 4) is 0 Å². The maximum Gasteiger partial charge on any atom is 0.334 e. The zero-order valence-electron chi connectivity index (χ0n) is 10.9. The van der Waals surface area contributed by atoms with Crippen molar-refractivity contribution in [2.75, 3.05) is 39.3 Å². The number of rotatable bonds is 10. The van der Waals surface area contributed by atoms with Crippen LogP contribution in [0.5, 0.6) is 0 Å². The first-order chi connectivity index (χ1) is 8.37. The van der Waals surface area contributed by atoms with E-state index in [2.05, 4.69) is 4.18 Å². The Morgan fingerprint density at radius 1 is 1.17 bits per heavy atom. The molecule has 1 atom stereocenters. The highest BCUT2D eigenvalue weighted by Gasteiger charge is 2.13. The molecule has 0 heterocycles. The van der Waals surface area contributed by atoms with Crippen LogP contribution < -0.4 is 0 Å². The number of hydrogen-bond acceptors (Lipinski definition) is 7. The van der Waals surface area contributed by atoms with Crippen LogP contribution in [0.15, 0.2) is 0 Å². The van der Waals surface area contributed by atoms with E-state index >= 15 is 0 Å². The Labute approximate surface area is 107 Å². The summed E-state index contributed by atoms with van der Waals surface area (Å²) >= 11 is 0.